The number of carbonyl (C=O) groups excluding carboxylic acids is 1. The number of nitrogens with one attached hydrogen (secondary N) is 1. The van der Waals surface area contributed by atoms with E-state index in [1.54, 1.807) is 6.92 Å². The maximum absolute atomic E-state index is 13.1. The van der Waals surface area contributed by atoms with E-state index in [1.807, 2.05) is 29.2 Å². The topological polar surface area (TPSA) is 69.7 Å². The van der Waals surface area contributed by atoms with Gasteiger partial charge in [0.2, 0.25) is 15.9 Å². The van der Waals surface area contributed by atoms with E-state index in [0.29, 0.717) is 44.0 Å². The molecule has 2 aliphatic heterocycles. The summed E-state index contributed by atoms with van der Waals surface area (Å²) < 4.78 is 25.5. The molecule has 0 spiro atoms. The lowest BCUT2D eigenvalue weighted by atomic mass is 9.94. The van der Waals surface area contributed by atoms with Gasteiger partial charge in [-0.1, -0.05) is 23.7 Å². The highest BCUT2D eigenvalue weighted by Gasteiger charge is 2.36. The third-order valence-corrected chi connectivity index (χ3v) is 7.44. The van der Waals surface area contributed by atoms with Gasteiger partial charge in [-0.15, -0.1) is 12.4 Å². The van der Waals surface area contributed by atoms with Crippen molar-refractivity contribution in [3.05, 3.63) is 34.9 Å². The van der Waals surface area contributed by atoms with Crippen LogP contribution in [-0.4, -0.2) is 62.0 Å². The highest BCUT2D eigenvalue weighted by molar-refractivity contribution is 7.89. The van der Waals surface area contributed by atoms with Crippen molar-refractivity contribution in [2.24, 2.45) is 5.92 Å². The molecule has 1 unspecified atom stereocenters. The van der Waals surface area contributed by atoms with Crippen LogP contribution in [0.4, 0.5) is 0 Å². The van der Waals surface area contributed by atoms with Gasteiger partial charge in [-0.05, 0) is 37.5 Å². The second-order valence-corrected chi connectivity index (χ2v) is 9.57. The Balaban J connectivity index is 0.00000261. The van der Waals surface area contributed by atoms with Crippen LogP contribution < -0.4 is 5.32 Å². The number of hydrogen-bond acceptors (Lipinski definition) is 4. The summed E-state index contributed by atoms with van der Waals surface area (Å²) in [6.45, 7) is 4.65. The molecule has 6 nitrogen and oxygen atoms in total. The van der Waals surface area contributed by atoms with Crippen LogP contribution in [0.1, 0.15) is 31.4 Å². The van der Waals surface area contributed by atoms with Crippen molar-refractivity contribution >= 4 is 39.9 Å². The molecule has 27 heavy (non-hydrogen) atoms. The molecule has 152 valence electrons. The lowest BCUT2D eigenvalue weighted by Gasteiger charge is -2.40. The molecule has 1 N–H and O–H groups in total. The van der Waals surface area contributed by atoms with E-state index in [0.717, 1.165) is 12.1 Å². The zero-order valence-electron chi connectivity index (χ0n) is 15.4. The zero-order valence-corrected chi connectivity index (χ0v) is 17.8. The molecule has 2 saturated heterocycles. The third kappa shape index (κ3) is 5.15. The number of rotatable bonds is 4. The van der Waals surface area contributed by atoms with Crippen molar-refractivity contribution < 1.29 is 13.2 Å². The van der Waals surface area contributed by atoms with Gasteiger partial charge in [0.15, 0.2) is 0 Å². The second kappa shape index (κ2) is 9.56. The third-order valence-electron chi connectivity index (χ3n) is 5.32. The standard InChI is InChI=1S/C18H26ClN3O3S.ClH/c1-2-26(24,25)21-9-6-14(7-10-21)18(23)22-11-8-20-13-17(22)15-4-3-5-16(19)12-15;/h3-5,12,14,17,20H,2,6-11,13H2,1H3;1H. The number of halogens is 2. The first-order valence-corrected chi connectivity index (χ1v) is 11.2. The molecule has 1 aromatic rings. The number of nitrogens with zero attached hydrogens (tertiary/aromatic N) is 2. The molecule has 1 atom stereocenters. The monoisotopic (exact) mass is 435 g/mol. The van der Waals surface area contributed by atoms with Gasteiger partial charge < -0.3 is 10.2 Å². The van der Waals surface area contributed by atoms with Gasteiger partial charge in [0, 0.05) is 43.7 Å². The number of sulfonamides is 1. The van der Waals surface area contributed by atoms with Gasteiger partial charge in [0.1, 0.15) is 0 Å². The van der Waals surface area contributed by atoms with Crippen LogP contribution in [-0.2, 0) is 14.8 Å². The van der Waals surface area contributed by atoms with Crippen LogP contribution in [0.15, 0.2) is 24.3 Å². The van der Waals surface area contributed by atoms with Crippen LogP contribution >= 0.6 is 24.0 Å². The normalized spacial score (nSPS) is 22.3. The van der Waals surface area contributed by atoms with Crippen molar-refractivity contribution in [3.63, 3.8) is 0 Å². The number of hydrogen-bond donors (Lipinski definition) is 1. The van der Waals surface area contributed by atoms with Gasteiger partial charge in [-0.2, -0.15) is 0 Å². The Morgan fingerprint density at radius 1 is 1.26 bits per heavy atom. The van der Waals surface area contributed by atoms with Crippen molar-refractivity contribution in [3.8, 4) is 0 Å². The Hall–Kier alpha value is -0.860. The van der Waals surface area contributed by atoms with E-state index < -0.39 is 10.0 Å². The molecule has 3 rings (SSSR count). The minimum Gasteiger partial charge on any atom is -0.333 e. The average molecular weight is 436 g/mol. The van der Waals surface area contributed by atoms with Gasteiger partial charge in [-0.3, -0.25) is 4.79 Å². The smallest absolute Gasteiger partial charge is 0.226 e. The molecular formula is C18H27Cl2N3O3S. The fraction of sp³-hybridized carbons (Fsp3) is 0.611. The summed E-state index contributed by atoms with van der Waals surface area (Å²) in [6, 6.07) is 7.61. The predicted octanol–water partition coefficient (Wildman–Crippen LogP) is 2.30. The SMILES string of the molecule is CCS(=O)(=O)N1CCC(C(=O)N2CCNCC2c2cccc(Cl)c2)CC1.Cl. The number of carbonyl (C=O) groups is 1. The van der Waals surface area contributed by atoms with E-state index in [9.17, 15) is 13.2 Å². The molecule has 0 aromatic heterocycles. The summed E-state index contributed by atoms with van der Waals surface area (Å²) in [5.41, 5.74) is 1.03. The zero-order chi connectivity index (χ0) is 18.7. The maximum atomic E-state index is 13.1. The highest BCUT2D eigenvalue weighted by Crippen LogP contribution is 2.29. The summed E-state index contributed by atoms with van der Waals surface area (Å²) in [5, 5.41) is 4.02. The largest absolute Gasteiger partial charge is 0.333 e. The first kappa shape index (κ1) is 22.4. The molecule has 9 heteroatoms. The lowest BCUT2D eigenvalue weighted by molar-refractivity contribution is -0.140. The van der Waals surface area contributed by atoms with Gasteiger partial charge in [-0.25, -0.2) is 12.7 Å². The molecule has 0 aliphatic carbocycles. The lowest BCUT2D eigenvalue weighted by Crippen LogP contribution is -2.52. The Morgan fingerprint density at radius 3 is 2.59 bits per heavy atom. The maximum Gasteiger partial charge on any atom is 0.226 e. The highest BCUT2D eigenvalue weighted by atomic mass is 35.5. The first-order chi connectivity index (χ1) is 12.4. The molecule has 0 bridgehead atoms. The van der Waals surface area contributed by atoms with Crippen molar-refractivity contribution in [2.75, 3.05) is 38.5 Å². The van der Waals surface area contributed by atoms with Crippen molar-refractivity contribution in [1.82, 2.24) is 14.5 Å². The van der Waals surface area contributed by atoms with E-state index >= 15 is 0 Å². The van der Waals surface area contributed by atoms with E-state index in [1.165, 1.54) is 4.31 Å². The molecule has 0 saturated carbocycles. The second-order valence-electron chi connectivity index (χ2n) is 6.88. The minimum absolute atomic E-state index is 0. The summed E-state index contributed by atoms with van der Waals surface area (Å²) in [7, 11) is -3.17. The molecule has 1 aromatic carbocycles. The van der Waals surface area contributed by atoms with E-state index in [4.69, 9.17) is 11.6 Å². The summed E-state index contributed by atoms with van der Waals surface area (Å²) in [4.78, 5) is 15.1. The van der Waals surface area contributed by atoms with Crippen LogP contribution in [0.25, 0.3) is 0 Å². The quantitative estimate of drug-likeness (QED) is 0.787. The minimum atomic E-state index is -3.17. The van der Waals surface area contributed by atoms with Crippen LogP contribution in [0.2, 0.25) is 5.02 Å². The van der Waals surface area contributed by atoms with Crippen LogP contribution in [0.5, 0.6) is 0 Å². The average Bonchev–Trinajstić information content (AvgIpc) is 2.67. The molecule has 1 amide bonds. The predicted molar refractivity (Wildman–Crippen MR) is 110 cm³/mol. The fourth-order valence-corrected chi connectivity index (χ4v) is 5.11. The van der Waals surface area contributed by atoms with E-state index in [2.05, 4.69) is 5.32 Å². The van der Waals surface area contributed by atoms with Gasteiger partial charge in [0.25, 0.3) is 0 Å². The number of piperidine rings is 1. The molecule has 2 fully saturated rings. The first-order valence-electron chi connectivity index (χ1n) is 9.17. The Labute approximate surface area is 172 Å². The summed E-state index contributed by atoms with van der Waals surface area (Å²) in [5.74, 6) is 0.128. The summed E-state index contributed by atoms with van der Waals surface area (Å²) in [6.07, 6.45) is 1.18. The van der Waals surface area contributed by atoms with Crippen molar-refractivity contribution in [2.45, 2.75) is 25.8 Å². The van der Waals surface area contributed by atoms with Gasteiger partial charge in [0.05, 0.1) is 11.8 Å². The Morgan fingerprint density at radius 2 is 1.96 bits per heavy atom. The Bertz CT molecular complexity index is 752. The van der Waals surface area contributed by atoms with Gasteiger partial charge >= 0.3 is 0 Å². The molecule has 0 radical (unpaired) electrons. The molecule has 2 aliphatic rings. The summed E-state index contributed by atoms with van der Waals surface area (Å²) >= 11 is 6.13. The number of benzene rings is 1. The van der Waals surface area contributed by atoms with Crippen molar-refractivity contribution in [1.29, 1.82) is 0 Å². The molecular weight excluding hydrogens is 409 g/mol. The van der Waals surface area contributed by atoms with Crippen LogP contribution in [0.3, 0.4) is 0 Å². The van der Waals surface area contributed by atoms with E-state index in [-0.39, 0.29) is 36.0 Å². The van der Waals surface area contributed by atoms with Crippen LogP contribution in [0, 0.1) is 5.92 Å². The Kier molecular flexibility index (Phi) is 7.94. The molecule has 2 heterocycles. The fourth-order valence-electron chi connectivity index (χ4n) is 3.78. The number of piperazine rings is 1. The number of amides is 1.